The molecule has 8 heavy (non-hydrogen) atoms. The van der Waals surface area contributed by atoms with Gasteiger partial charge in [0.15, 0.2) is 0 Å². The molecule has 46 valence electrons. The van der Waals surface area contributed by atoms with Crippen molar-refractivity contribution in [2.45, 2.75) is 23.6 Å². The maximum atomic E-state index is 10.5. The van der Waals surface area contributed by atoms with Crippen molar-refractivity contribution >= 4 is 32.8 Å². The summed E-state index contributed by atoms with van der Waals surface area (Å²) in [6.45, 7) is 0. The van der Waals surface area contributed by atoms with Gasteiger partial charge in [-0.15, -0.1) is 0 Å². The summed E-state index contributed by atoms with van der Waals surface area (Å²) in [5.41, 5.74) is 0. The summed E-state index contributed by atoms with van der Waals surface area (Å²) in [6, 6.07) is 0. The summed E-state index contributed by atoms with van der Waals surface area (Å²) >= 11 is 8.49. The first-order chi connectivity index (χ1) is 3.65. The van der Waals surface area contributed by atoms with Gasteiger partial charge in [-0.05, 0) is 30.9 Å². The molecule has 0 saturated heterocycles. The minimum atomic E-state index is -0.339. The highest BCUT2D eigenvalue weighted by atomic mass is 79.9. The molecule has 1 nitrogen and oxygen atoms in total. The van der Waals surface area contributed by atoms with E-state index in [1.807, 2.05) is 0 Å². The first kappa shape index (κ1) is 6.56. The molecule has 0 N–H and O–H groups in total. The number of alkyl halides is 1. The van der Waals surface area contributed by atoms with E-state index in [4.69, 9.17) is 11.6 Å². The van der Waals surface area contributed by atoms with Crippen molar-refractivity contribution in [1.29, 1.82) is 0 Å². The van der Waals surface area contributed by atoms with Crippen LogP contribution in [-0.2, 0) is 4.79 Å². The van der Waals surface area contributed by atoms with Crippen LogP contribution in [0.25, 0.3) is 0 Å². The Labute approximate surface area is 61.5 Å². The van der Waals surface area contributed by atoms with Crippen molar-refractivity contribution in [1.82, 2.24) is 0 Å². The van der Waals surface area contributed by atoms with Crippen molar-refractivity contribution in [2.75, 3.05) is 0 Å². The Morgan fingerprint density at radius 2 is 2.12 bits per heavy atom. The predicted octanol–water partition coefficient (Wildman–Crippen LogP) is 2.07. The Hall–Kier alpha value is 0.440. The molecule has 3 heteroatoms. The molecule has 0 aromatic rings. The molecule has 0 bridgehead atoms. The average Bonchev–Trinajstić information content (AvgIpc) is 1.60. The number of carbonyl (C=O) groups excluding carboxylic acids is 1. The van der Waals surface area contributed by atoms with Crippen LogP contribution in [0.1, 0.15) is 19.3 Å². The lowest BCUT2D eigenvalue weighted by molar-refractivity contribution is -0.115. The van der Waals surface area contributed by atoms with Crippen LogP contribution in [-0.4, -0.2) is 9.57 Å². The summed E-state index contributed by atoms with van der Waals surface area (Å²) in [6.07, 6.45) is 2.91. The fraction of sp³-hybridized carbons (Fsp3) is 0.800. The van der Waals surface area contributed by atoms with Gasteiger partial charge in [-0.1, -0.05) is 15.9 Å². The molecule has 1 aliphatic carbocycles. The van der Waals surface area contributed by atoms with E-state index in [1.165, 1.54) is 0 Å². The fourth-order valence-corrected chi connectivity index (χ4v) is 1.43. The van der Waals surface area contributed by atoms with Crippen LogP contribution in [0.5, 0.6) is 0 Å². The Balaban J connectivity index is 2.53. The van der Waals surface area contributed by atoms with E-state index in [0.29, 0.717) is 0 Å². The van der Waals surface area contributed by atoms with Crippen molar-refractivity contribution in [3.63, 3.8) is 0 Å². The molecule has 0 atom stereocenters. The maximum Gasteiger partial charge on any atom is 0.238 e. The molecule has 1 fully saturated rings. The van der Waals surface area contributed by atoms with Gasteiger partial charge in [0.25, 0.3) is 0 Å². The standard InChI is InChI=1S/C5H6BrClO/c6-5(4(7)8)2-1-3-5/h1-3H2. The SMILES string of the molecule is O=C(Cl)C1(Br)CCC1. The topological polar surface area (TPSA) is 17.1 Å². The second-order valence-corrected chi connectivity index (χ2v) is 3.95. The molecule has 0 aromatic carbocycles. The van der Waals surface area contributed by atoms with Crippen LogP contribution >= 0.6 is 27.5 Å². The molecule has 0 spiro atoms. The summed E-state index contributed by atoms with van der Waals surface area (Å²) in [7, 11) is 0. The summed E-state index contributed by atoms with van der Waals surface area (Å²) < 4.78 is -0.339. The lowest BCUT2D eigenvalue weighted by Crippen LogP contribution is -2.35. The minimum Gasteiger partial charge on any atom is -0.280 e. The predicted molar refractivity (Wildman–Crippen MR) is 36.4 cm³/mol. The number of carbonyl (C=O) groups is 1. The highest BCUT2D eigenvalue weighted by molar-refractivity contribution is 9.10. The Morgan fingerprint density at radius 1 is 1.62 bits per heavy atom. The van der Waals surface area contributed by atoms with Gasteiger partial charge in [0.05, 0.1) is 4.32 Å². The number of hydrogen-bond acceptors (Lipinski definition) is 1. The quantitative estimate of drug-likeness (QED) is 0.465. The van der Waals surface area contributed by atoms with E-state index >= 15 is 0 Å². The molecule has 0 amide bonds. The molecular formula is C5H6BrClO. The van der Waals surface area contributed by atoms with E-state index in [9.17, 15) is 4.79 Å². The van der Waals surface area contributed by atoms with Gasteiger partial charge < -0.3 is 0 Å². The Morgan fingerprint density at radius 3 is 2.12 bits per heavy atom. The second-order valence-electron chi connectivity index (χ2n) is 2.09. The molecule has 0 aliphatic heterocycles. The van der Waals surface area contributed by atoms with Gasteiger partial charge in [-0.2, -0.15) is 0 Å². The zero-order valence-corrected chi connectivity index (χ0v) is 6.63. The van der Waals surface area contributed by atoms with Crippen LogP contribution in [0, 0.1) is 0 Å². The van der Waals surface area contributed by atoms with Crippen LogP contribution in [0.15, 0.2) is 0 Å². The molecule has 1 rings (SSSR count). The monoisotopic (exact) mass is 196 g/mol. The molecule has 1 saturated carbocycles. The molecule has 1 aliphatic rings. The summed E-state index contributed by atoms with van der Waals surface area (Å²) in [4.78, 5) is 10.5. The lowest BCUT2D eigenvalue weighted by atomic mass is 9.86. The highest BCUT2D eigenvalue weighted by Crippen LogP contribution is 2.41. The largest absolute Gasteiger partial charge is 0.280 e. The third kappa shape index (κ3) is 0.914. The fourth-order valence-electron chi connectivity index (χ4n) is 0.684. The molecule has 0 aromatic heterocycles. The van der Waals surface area contributed by atoms with Gasteiger partial charge in [0.1, 0.15) is 0 Å². The second kappa shape index (κ2) is 1.99. The van der Waals surface area contributed by atoms with Gasteiger partial charge in [-0.3, -0.25) is 4.79 Å². The first-order valence-corrected chi connectivity index (χ1v) is 3.71. The van der Waals surface area contributed by atoms with E-state index in [1.54, 1.807) is 0 Å². The van der Waals surface area contributed by atoms with Crippen molar-refractivity contribution in [2.24, 2.45) is 0 Å². The van der Waals surface area contributed by atoms with Crippen molar-refractivity contribution < 1.29 is 4.79 Å². The van der Waals surface area contributed by atoms with Crippen LogP contribution in [0.2, 0.25) is 0 Å². The van der Waals surface area contributed by atoms with Gasteiger partial charge in [0.2, 0.25) is 5.24 Å². The smallest absolute Gasteiger partial charge is 0.238 e. The van der Waals surface area contributed by atoms with E-state index in [2.05, 4.69) is 15.9 Å². The highest BCUT2D eigenvalue weighted by Gasteiger charge is 2.40. The van der Waals surface area contributed by atoms with Crippen molar-refractivity contribution in [3.8, 4) is 0 Å². The van der Waals surface area contributed by atoms with E-state index in [0.717, 1.165) is 19.3 Å². The normalized spacial score (nSPS) is 24.2. The van der Waals surface area contributed by atoms with Crippen molar-refractivity contribution in [3.05, 3.63) is 0 Å². The molecular weight excluding hydrogens is 191 g/mol. The zero-order valence-electron chi connectivity index (χ0n) is 4.29. The Kier molecular flexibility index (Phi) is 1.63. The molecule has 0 radical (unpaired) electrons. The summed E-state index contributed by atoms with van der Waals surface area (Å²) in [5, 5.41) is -0.247. The lowest BCUT2D eigenvalue weighted by Gasteiger charge is -2.31. The number of halogens is 2. The van der Waals surface area contributed by atoms with Crippen LogP contribution in [0.3, 0.4) is 0 Å². The van der Waals surface area contributed by atoms with Crippen LogP contribution < -0.4 is 0 Å². The first-order valence-electron chi connectivity index (χ1n) is 2.54. The number of hydrogen-bond donors (Lipinski definition) is 0. The van der Waals surface area contributed by atoms with Gasteiger partial charge in [0, 0.05) is 0 Å². The maximum absolute atomic E-state index is 10.5. The van der Waals surface area contributed by atoms with E-state index in [-0.39, 0.29) is 9.57 Å². The third-order valence-corrected chi connectivity index (χ3v) is 3.24. The van der Waals surface area contributed by atoms with Crippen LogP contribution in [0.4, 0.5) is 0 Å². The Bertz CT molecular complexity index is 120. The minimum absolute atomic E-state index is 0.247. The van der Waals surface area contributed by atoms with Gasteiger partial charge >= 0.3 is 0 Å². The average molecular weight is 197 g/mol. The third-order valence-electron chi connectivity index (χ3n) is 1.50. The summed E-state index contributed by atoms with van der Waals surface area (Å²) in [5.74, 6) is 0. The van der Waals surface area contributed by atoms with E-state index < -0.39 is 0 Å². The van der Waals surface area contributed by atoms with Gasteiger partial charge in [-0.25, -0.2) is 0 Å². The molecule has 0 unspecified atom stereocenters. The molecule has 0 heterocycles. The number of rotatable bonds is 1. The zero-order chi connectivity index (χ0) is 6.20.